The van der Waals surface area contributed by atoms with E-state index in [0.717, 1.165) is 32.5 Å². The molecule has 6 heteroatoms. The van der Waals surface area contributed by atoms with Crippen molar-refractivity contribution >= 4 is 10.0 Å². The van der Waals surface area contributed by atoms with E-state index in [4.69, 9.17) is 0 Å². The van der Waals surface area contributed by atoms with E-state index >= 15 is 0 Å². The van der Waals surface area contributed by atoms with Crippen molar-refractivity contribution in [3.05, 3.63) is 0 Å². The van der Waals surface area contributed by atoms with E-state index in [0.29, 0.717) is 11.8 Å². The molecule has 1 atom stereocenters. The summed E-state index contributed by atoms with van der Waals surface area (Å²) in [5.41, 5.74) is 0. The molecule has 19 heavy (non-hydrogen) atoms. The number of sulfonamides is 1. The number of nitrogens with zero attached hydrogens (tertiary/aromatic N) is 1. The van der Waals surface area contributed by atoms with Gasteiger partial charge in [0, 0.05) is 12.6 Å². The lowest BCUT2D eigenvalue weighted by atomic mass is 10.0. The standard InChI is InChI=1S/C13H29N3O2S/c1-11(2)13(9-16(3)4)15-19(17,18)10-12-5-7-14-8-6-12/h11-15H,5-10H2,1-4H3. The van der Waals surface area contributed by atoms with Crippen LogP contribution in [0.5, 0.6) is 0 Å². The summed E-state index contributed by atoms with van der Waals surface area (Å²) in [4.78, 5) is 2.03. The Labute approximate surface area is 118 Å². The molecule has 1 saturated heterocycles. The van der Waals surface area contributed by atoms with Gasteiger partial charge in [-0.3, -0.25) is 0 Å². The molecule has 0 aromatic rings. The first kappa shape index (κ1) is 16.9. The zero-order chi connectivity index (χ0) is 14.5. The minimum absolute atomic E-state index is 0.0123. The van der Waals surface area contributed by atoms with Crippen molar-refractivity contribution in [1.29, 1.82) is 0 Å². The Hall–Kier alpha value is -0.170. The van der Waals surface area contributed by atoms with Gasteiger partial charge in [0.1, 0.15) is 0 Å². The zero-order valence-electron chi connectivity index (χ0n) is 12.6. The van der Waals surface area contributed by atoms with E-state index in [1.54, 1.807) is 0 Å². The molecule has 0 radical (unpaired) electrons. The van der Waals surface area contributed by atoms with Gasteiger partial charge in [0.2, 0.25) is 10.0 Å². The van der Waals surface area contributed by atoms with Crippen molar-refractivity contribution in [1.82, 2.24) is 14.9 Å². The van der Waals surface area contributed by atoms with Crippen LogP contribution in [0.15, 0.2) is 0 Å². The molecule has 0 spiro atoms. The topological polar surface area (TPSA) is 61.4 Å². The minimum Gasteiger partial charge on any atom is -0.317 e. The van der Waals surface area contributed by atoms with Gasteiger partial charge in [-0.2, -0.15) is 0 Å². The van der Waals surface area contributed by atoms with Crippen molar-refractivity contribution in [3.63, 3.8) is 0 Å². The van der Waals surface area contributed by atoms with Gasteiger partial charge in [0.15, 0.2) is 0 Å². The second-order valence-corrected chi connectivity index (χ2v) is 8.00. The summed E-state index contributed by atoms with van der Waals surface area (Å²) in [5.74, 6) is 0.863. The Morgan fingerprint density at radius 2 is 1.84 bits per heavy atom. The second-order valence-electron chi connectivity index (χ2n) is 6.21. The lowest BCUT2D eigenvalue weighted by Crippen LogP contribution is -2.47. The first-order valence-electron chi connectivity index (χ1n) is 7.15. The highest BCUT2D eigenvalue weighted by atomic mass is 32.2. The number of hydrogen-bond donors (Lipinski definition) is 2. The molecule has 0 aromatic heterocycles. The number of likely N-dealkylation sites (N-methyl/N-ethyl adjacent to an activating group) is 1. The fourth-order valence-corrected chi connectivity index (χ4v) is 4.27. The predicted octanol–water partition coefficient (Wildman–Crippen LogP) is 0.492. The maximum absolute atomic E-state index is 12.2. The van der Waals surface area contributed by atoms with Crippen molar-refractivity contribution < 1.29 is 8.42 Å². The van der Waals surface area contributed by atoms with E-state index in [-0.39, 0.29) is 11.8 Å². The molecule has 1 heterocycles. The third-order valence-electron chi connectivity index (χ3n) is 3.61. The van der Waals surface area contributed by atoms with Gasteiger partial charge < -0.3 is 10.2 Å². The molecule has 0 amide bonds. The maximum atomic E-state index is 12.2. The molecular formula is C13H29N3O2S. The molecule has 1 aliphatic heterocycles. The fraction of sp³-hybridized carbons (Fsp3) is 1.00. The summed E-state index contributed by atoms with van der Waals surface area (Å²) < 4.78 is 27.4. The molecular weight excluding hydrogens is 262 g/mol. The normalized spacial score (nSPS) is 20.1. The van der Waals surface area contributed by atoms with Crippen molar-refractivity contribution in [2.45, 2.75) is 32.7 Å². The molecule has 1 aliphatic rings. The van der Waals surface area contributed by atoms with Crippen LogP contribution in [0.3, 0.4) is 0 Å². The average Bonchev–Trinajstić information content (AvgIpc) is 2.27. The van der Waals surface area contributed by atoms with Gasteiger partial charge in [0.05, 0.1) is 5.75 Å². The lowest BCUT2D eigenvalue weighted by molar-refractivity contribution is 0.313. The van der Waals surface area contributed by atoms with E-state index in [2.05, 4.69) is 23.9 Å². The summed E-state index contributed by atoms with van der Waals surface area (Å²) in [6, 6.07) is -0.0123. The van der Waals surface area contributed by atoms with Gasteiger partial charge in [-0.15, -0.1) is 0 Å². The Bertz CT molecular complexity index is 349. The molecule has 2 N–H and O–H groups in total. The SMILES string of the molecule is CC(C)C(CN(C)C)NS(=O)(=O)CC1CCNCC1. The van der Waals surface area contributed by atoms with Gasteiger partial charge in [-0.1, -0.05) is 13.8 Å². The Balaban J connectivity index is 2.55. The quantitative estimate of drug-likeness (QED) is 0.717. The van der Waals surface area contributed by atoms with Crippen LogP contribution < -0.4 is 10.0 Å². The maximum Gasteiger partial charge on any atom is 0.212 e. The molecule has 1 unspecified atom stereocenters. The van der Waals surface area contributed by atoms with Crippen LogP contribution in [-0.2, 0) is 10.0 Å². The monoisotopic (exact) mass is 291 g/mol. The van der Waals surface area contributed by atoms with Crippen LogP contribution in [0.25, 0.3) is 0 Å². The van der Waals surface area contributed by atoms with E-state index in [1.165, 1.54) is 0 Å². The molecule has 114 valence electrons. The molecule has 1 fully saturated rings. The Kier molecular flexibility index (Phi) is 6.73. The predicted molar refractivity (Wildman–Crippen MR) is 79.7 cm³/mol. The summed E-state index contributed by atoms with van der Waals surface area (Å²) >= 11 is 0. The van der Waals surface area contributed by atoms with Crippen LogP contribution in [-0.4, -0.2) is 58.8 Å². The van der Waals surface area contributed by atoms with Gasteiger partial charge in [-0.25, -0.2) is 13.1 Å². The number of nitrogens with one attached hydrogen (secondary N) is 2. The molecule has 0 aromatic carbocycles. The van der Waals surface area contributed by atoms with Crippen LogP contribution in [0, 0.1) is 11.8 Å². The largest absolute Gasteiger partial charge is 0.317 e. The van der Waals surface area contributed by atoms with Gasteiger partial charge in [0.25, 0.3) is 0 Å². The highest BCUT2D eigenvalue weighted by Crippen LogP contribution is 2.14. The highest BCUT2D eigenvalue weighted by molar-refractivity contribution is 7.89. The van der Waals surface area contributed by atoms with Crippen LogP contribution in [0.1, 0.15) is 26.7 Å². The number of rotatable bonds is 7. The van der Waals surface area contributed by atoms with E-state index in [1.807, 2.05) is 19.0 Å². The first-order valence-corrected chi connectivity index (χ1v) is 8.81. The highest BCUT2D eigenvalue weighted by Gasteiger charge is 2.25. The van der Waals surface area contributed by atoms with E-state index < -0.39 is 10.0 Å². The third-order valence-corrected chi connectivity index (χ3v) is 5.18. The Morgan fingerprint density at radius 3 is 2.32 bits per heavy atom. The second kappa shape index (κ2) is 7.57. The van der Waals surface area contributed by atoms with Crippen molar-refractivity contribution in [2.24, 2.45) is 11.8 Å². The van der Waals surface area contributed by atoms with Crippen LogP contribution in [0.4, 0.5) is 0 Å². The number of hydrogen-bond acceptors (Lipinski definition) is 4. The summed E-state index contributed by atoms with van der Waals surface area (Å²) in [7, 11) is 0.762. The molecule has 5 nitrogen and oxygen atoms in total. The van der Waals surface area contributed by atoms with Crippen molar-refractivity contribution in [3.8, 4) is 0 Å². The molecule has 0 saturated carbocycles. The summed E-state index contributed by atoms with van der Waals surface area (Å²) in [6.07, 6.45) is 1.92. The average molecular weight is 291 g/mol. The first-order chi connectivity index (χ1) is 8.80. The van der Waals surface area contributed by atoms with Gasteiger partial charge in [-0.05, 0) is 51.9 Å². The number of piperidine rings is 1. The molecule has 0 bridgehead atoms. The Morgan fingerprint density at radius 1 is 1.26 bits per heavy atom. The van der Waals surface area contributed by atoms with E-state index in [9.17, 15) is 8.42 Å². The molecule has 0 aliphatic carbocycles. The lowest BCUT2D eigenvalue weighted by Gasteiger charge is -2.27. The van der Waals surface area contributed by atoms with Crippen molar-refractivity contribution in [2.75, 3.05) is 39.5 Å². The summed E-state index contributed by atoms with van der Waals surface area (Å²) in [5, 5.41) is 3.26. The smallest absolute Gasteiger partial charge is 0.212 e. The third kappa shape index (κ3) is 6.70. The molecule has 1 rings (SSSR count). The minimum atomic E-state index is -3.18. The fourth-order valence-electron chi connectivity index (χ4n) is 2.41. The van der Waals surface area contributed by atoms with Crippen LogP contribution >= 0.6 is 0 Å². The summed E-state index contributed by atoms with van der Waals surface area (Å²) in [6.45, 7) is 6.72. The van der Waals surface area contributed by atoms with Gasteiger partial charge >= 0.3 is 0 Å². The zero-order valence-corrected chi connectivity index (χ0v) is 13.5. The van der Waals surface area contributed by atoms with Crippen LogP contribution in [0.2, 0.25) is 0 Å².